The molecule has 1 aromatic heterocycles. The quantitative estimate of drug-likeness (QED) is 0.947. The van der Waals surface area contributed by atoms with Gasteiger partial charge in [-0.15, -0.1) is 11.3 Å². The summed E-state index contributed by atoms with van der Waals surface area (Å²) < 4.78 is 0. The van der Waals surface area contributed by atoms with Crippen LogP contribution in [0.1, 0.15) is 38.8 Å². The zero-order valence-electron chi connectivity index (χ0n) is 13.0. The van der Waals surface area contributed by atoms with Gasteiger partial charge in [0.15, 0.2) is 0 Å². The van der Waals surface area contributed by atoms with Crippen LogP contribution in [0.2, 0.25) is 0 Å². The molecular weight excluding hydrogens is 294 g/mol. The summed E-state index contributed by atoms with van der Waals surface area (Å²) in [5.41, 5.74) is 8.33. The van der Waals surface area contributed by atoms with Gasteiger partial charge in [0, 0.05) is 25.0 Å². The lowest BCUT2D eigenvalue weighted by molar-refractivity contribution is 0.0793. The van der Waals surface area contributed by atoms with E-state index in [1.165, 1.54) is 16.9 Å². The van der Waals surface area contributed by atoms with Gasteiger partial charge in [-0.1, -0.05) is 37.3 Å². The monoisotopic (exact) mass is 315 g/mol. The fraction of sp³-hybridized carbons (Fsp3) is 0.412. The van der Waals surface area contributed by atoms with E-state index in [1.807, 2.05) is 30.0 Å². The van der Waals surface area contributed by atoms with Gasteiger partial charge in [-0.05, 0) is 18.9 Å². The van der Waals surface area contributed by atoms with Crippen molar-refractivity contribution >= 4 is 17.2 Å². The molecule has 3 rings (SSSR count). The molecule has 1 aliphatic rings. The summed E-state index contributed by atoms with van der Waals surface area (Å²) in [4.78, 5) is 19.9. The minimum Gasteiger partial charge on any atom is -0.336 e. The number of nitrogens with two attached hydrogens (primary N) is 1. The lowest BCUT2D eigenvalue weighted by Gasteiger charge is -2.16. The molecule has 0 aliphatic carbocycles. The number of aryl methyl sites for hydroxylation is 2. The molecule has 1 saturated heterocycles. The zero-order chi connectivity index (χ0) is 15.7. The highest BCUT2D eigenvalue weighted by molar-refractivity contribution is 7.13. The average molecular weight is 315 g/mol. The highest BCUT2D eigenvalue weighted by Crippen LogP contribution is 2.29. The van der Waals surface area contributed by atoms with Crippen LogP contribution in [0.25, 0.3) is 0 Å². The molecule has 2 heterocycles. The van der Waals surface area contributed by atoms with Crippen molar-refractivity contribution in [3.05, 3.63) is 51.5 Å². The first-order valence-corrected chi connectivity index (χ1v) is 8.48. The molecule has 0 bridgehead atoms. The Morgan fingerprint density at radius 1 is 1.36 bits per heavy atom. The zero-order valence-corrected chi connectivity index (χ0v) is 13.8. The molecule has 0 spiro atoms. The molecule has 4 nitrogen and oxygen atoms in total. The Labute approximate surface area is 135 Å². The van der Waals surface area contributed by atoms with Crippen molar-refractivity contribution in [3.63, 3.8) is 0 Å². The molecule has 1 aromatic carbocycles. The second-order valence-electron chi connectivity index (χ2n) is 5.77. The highest BCUT2D eigenvalue weighted by Gasteiger charge is 2.35. The number of carbonyl (C=O) groups excluding carboxylic acids is 1. The van der Waals surface area contributed by atoms with Crippen LogP contribution in [0.15, 0.2) is 30.3 Å². The maximum absolute atomic E-state index is 12.8. The van der Waals surface area contributed by atoms with E-state index >= 15 is 0 Å². The van der Waals surface area contributed by atoms with Crippen LogP contribution in [0, 0.1) is 6.92 Å². The number of amides is 1. The first-order chi connectivity index (χ1) is 10.6. The summed E-state index contributed by atoms with van der Waals surface area (Å²) in [7, 11) is 0. The number of likely N-dealkylation sites (tertiary alicyclic amines) is 1. The molecule has 1 aliphatic heterocycles. The lowest BCUT2D eigenvalue weighted by Crippen LogP contribution is -2.32. The van der Waals surface area contributed by atoms with Crippen LogP contribution < -0.4 is 5.73 Å². The number of aromatic nitrogens is 1. The largest absolute Gasteiger partial charge is 0.336 e. The van der Waals surface area contributed by atoms with Gasteiger partial charge in [-0.25, -0.2) is 4.98 Å². The lowest BCUT2D eigenvalue weighted by atomic mass is 9.95. The molecule has 2 aromatic rings. The van der Waals surface area contributed by atoms with E-state index in [1.54, 1.807) is 0 Å². The Bertz CT molecular complexity index is 668. The smallest absolute Gasteiger partial charge is 0.265 e. The van der Waals surface area contributed by atoms with E-state index in [2.05, 4.69) is 24.0 Å². The van der Waals surface area contributed by atoms with Gasteiger partial charge in [0.05, 0.1) is 10.7 Å². The number of hydrogen-bond donors (Lipinski definition) is 1. The molecule has 0 unspecified atom stereocenters. The fourth-order valence-corrected chi connectivity index (χ4v) is 3.97. The van der Waals surface area contributed by atoms with Gasteiger partial charge in [0.2, 0.25) is 0 Å². The third-order valence-corrected chi connectivity index (χ3v) is 5.51. The topological polar surface area (TPSA) is 59.2 Å². The number of rotatable bonds is 3. The van der Waals surface area contributed by atoms with Crippen molar-refractivity contribution in [2.45, 2.75) is 32.2 Å². The van der Waals surface area contributed by atoms with Gasteiger partial charge in [0.1, 0.15) is 4.88 Å². The summed E-state index contributed by atoms with van der Waals surface area (Å²) in [6.45, 7) is 5.26. The van der Waals surface area contributed by atoms with Gasteiger partial charge in [-0.2, -0.15) is 0 Å². The van der Waals surface area contributed by atoms with Crippen molar-refractivity contribution in [1.82, 2.24) is 9.88 Å². The van der Waals surface area contributed by atoms with Gasteiger partial charge in [0.25, 0.3) is 5.91 Å². The van der Waals surface area contributed by atoms with E-state index in [4.69, 9.17) is 5.73 Å². The van der Waals surface area contributed by atoms with Crippen LogP contribution in [-0.4, -0.2) is 34.9 Å². The number of thiazole rings is 1. The Morgan fingerprint density at radius 3 is 2.73 bits per heavy atom. The van der Waals surface area contributed by atoms with Crippen LogP contribution >= 0.6 is 11.3 Å². The van der Waals surface area contributed by atoms with E-state index in [9.17, 15) is 4.79 Å². The van der Waals surface area contributed by atoms with E-state index in [0.29, 0.717) is 13.1 Å². The maximum atomic E-state index is 12.8. The predicted octanol–water partition coefficient (Wildman–Crippen LogP) is 2.58. The number of nitrogens with zero attached hydrogens (tertiary/aromatic N) is 2. The Kier molecular flexibility index (Phi) is 4.27. The summed E-state index contributed by atoms with van der Waals surface area (Å²) >= 11 is 1.51. The van der Waals surface area contributed by atoms with Crippen molar-refractivity contribution in [3.8, 4) is 0 Å². The van der Waals surface area contributed by atoms with Crippen molar-refractivity contribution in [1.29, 1.82) is 0 Å². The number of hydrogen-bond acceptors (Lipinski definition) is 4. The van der Waals surface area contributed by atoms with Gasteiger partial charge < -0.3 is 10.6 Å². The molecule has 22 heavy (non-hydrogen) atoms. The average Bonchev–Trinajstić information content (AvgIpc) is 3.10. The van der Waals surface area contributed by atoms with Crippen LogP contribution in [0.5, 0.6) is 0 Å². The molecule has 0 radical (unpaired) electrons. The van der Waals surface area contributed by atoms with Crippen molar-refractivity contribution < 1.29 is 4.79 Å². The second-order valence-corrected chi connectivity index (χ2v) is 6.85. The standard InChI is InChI=1S/C17H21N3OS/c1-3-15-19-11(2)16(22-15)17(21)20-9-13(14(18)10-20)12-7-5-4-6-8-12/h4-8,13-14H,3,9-10,18H2,1-2H3/t13-,14+/m0/s1. The van der Waals surface area contributed by atoms with Crippen LogP contribution in [0.4, 0.5) is 0 Å². The van der Waals surface area contributed by atoms with Crippen molar-refractivity contribution in [2.24, 2.45) is 5.73 Å². The molecule has 116 valence electrons. The number of carbonyl (C=O) groups is 1. The third kappa shape index (κ3) is 2.78. The SMILES string of the molecule is CCc1nc(C)c(C(=O)N2C[C@@H](N)[C@H](c3ccccc3)C2)s1. The Balaban J connectivity index is 1.79. The summed E-state index contributed by atoms with van der Waals surface area (Å²) in [6, 6.07) is 10.2. The van der Waals surface area contributed by atoms with Crippen LogP contribution in [-0.2, 0) is 6.42 Å². The number of benzene rings is 1. The minimum absolute atomic E-state index is 0.00905. The first-order valence-electron chi connectivity index (χ1n) is 7.66. The first kappa shape index (κ1) is 15.2. The van der Waals surface area contributed by atoms with Crippen molar-refractivity contribution in [2.75, 3.05) is 13.1 Å². The maximum Gasteiger partial charge on any atom is 0.265 e. The molecule has 2 N–H and O–H groups in total. The molecule has 1 amide bonds. The summed E-state index contributed by atoms with van der Waals surface area (Å²) in [6.07, 6.45) is 0.866. The van der Waals surface area contributed by atoms with Gasteiger partial charge >= 0.3 is 0 Å². The van der Waals surface area contributed by atoms with Crippen LogP contribution in [0.3, 0.4) is 0 Å². The van der Waals surface area contributed by atoms with Gasteiger partial charge in [-0.3, -0.25) is 4.79 Å². The summed E-state index contributed by atoms with van der Waals surface area (Å²) in [5.74, 6) is 0.285. The molecule has 0 saturated carbocycles. The Hall–Kier alpha value is -1.72. The predicted molar refractivity (Wildman–Crippen MR) is 89.3 cm³/mol. The second kappa shape index (κ2) is 6.18. The Morgan fingerprint density at radius 2 is 2.09 bits per heavy atom. The van der Waals surface area contributed by atoms with E-state index in [0.717, 1.165) is 22.0 Å². The molecular formula is C17H21N3OS. The molecule has 1 fully saturated rings. The molecule has 5 heteroatoms. The fourth-order valence-electron chi connectivity index (χ4n) is 2.99. The van der Waals surface area contributed by atoms with E-state index in [-0.39, 0.29) is 17.9 Å². The summed E-state index contributed by atoms with van der Waals surface area (Å²) in [5, 5.41) is 1.02. The highest BCUT2D eigenvalue weighted by atomic mass is 32.1. The minimum atomic E-state index is -0.00905. The third-order valence-electron chi connectivity index (χ3n) is 4.22. The normalized spacial score (nSPS) is 21.3. The molecule has 2 atom stereocenters. The van der Waals surface area contributed by atoms with E-state index < -0.39 is 0 Å².